The van der Waals surface area contributed by atoms with E-state index in [1.807, 2.05) is 68.7 Å². The van der Waals surface area contributed by atoms with Gasteiger partial charge in [-0.05, 0) is 56.8 Å². The van der Waals surface area contributed by atoms with Crippen molar-refractivity contribution in [3.05, 3.63) is 60.2 Å². The number of urea groups is 1. The van der Waals surface area contributed by atoms with Gasteiger partial charge in [0.15, 0.2) is 0 Å². The highest BCUT2D eigenvalue weighted by Crippen LogP contribution is 2.23. The summed E-state index contributed by atoms with van der Waals surface area (Å²) in [6.07, 6.45) is 1.33. The number of nitrogens with zero attached hydrogens (tertiary/aromatic N) is 2. The molecule has 0 aliphatic carbocycles. The maximum Gasteiger partial charge on any atom is 0.317 e. The van der Waals surface area contributed by atoms with Crippen molar-refractivity contribution in [1.29, 1.82) is 0 Å². The predicted octanol–water partition coefficient (Wildman–Crippen LogP) is 3.36. The molecule has 1 atom stereocenters. The van der Waals surface area contributed by atoms with Gasteiger partial charge in [-0.3, -0.25) is 4.79 Å². The first-order chi connectivity index (χ1) is 15.0. The summed E-state index contributed by atoms with van der Waals surface area (Å²) in [5.74, 6) is 0.749. The Kier molecular flexibility index (Phi) is 7.89. The van der Waals surface area contributed by atoms with Crippen LogP contribution in [-0.4, -0.2) is 62.6 Å². The van der Waals surface area contributed by atoms with E-state index in [1.54, 1.807) is 12.0 Å². The van der Waals surface area contributed by atoms with Crippen molar-refractivity contribution in [1.82, 2.24) is 15.1 Å². The summed E-state index contributed by atoms with van der Waals surface area (Å²) in [4.78, 5) is 29.1. The van der Waals surface area contributed by atoms with Crippen LogP contribution in [0.3, 0.4) is 0 Å². The van der Waals surface area contributed by atoms with E-state index in [4.69, 9.17) is 4.74 Å². The Balaban J connectivity index is 1.49. The van der Waals surface area contributed by atoms with Crippen LogP contribution in [0, 0.1) is 5.92 Å². The van der Waals surface area contributed by atoms with Gasteiger partial charge < -0.3 is 25.2 Å². The van der Waals surface area contributed by atoms with Crippen molar-refractivity contribution in [2.24, 2.45) is 5.92 Å². The molecule has 0 bridgehead atoms. The number of ether oxygens (including phenoxy) is 1. The molecule has 1 fully saturated rings. The summed E-state index contributed by atoms with van der Waals surface area (Å²) < 4.78 is 5.33. The summed E-state index contributed by atoms with van der Waals surface area (Å²) in [6, 6.07) is 17.3. The number of para-hydroxylation sites is 1. The second-order valence-electron chi connectivity index (χ2n) is 8.06. The lowest BCUT2D eigenvalue weighted by molar-refractivity contribution is -0.121. The van der Waals surface area contributed by atoms with E-state index in [0.717, 1.165) is 17.0 Å². The Bertz CT molecular complexity index is 864. The van der Waals surface area contributed by atoms with Crippen molar-refractivity contribution >= 4 is 17.6 Å². The highest BCUT2D eigenvalue weighted by molar-refractivity contribution is 5.92. The SMILES string of the molecule is COc1cccc(C(CNC(=O)N2CCC(C(=O)Nc3ccccc3)CC2)N(C)C)c1. The lowest BCUT2D eigenvalue weighted by Crippen LogP contribution is -2.47. The van der Waals surface area contributed by atoms with E-state index in [2.05, 4.69) is 15.5 Å². The number of carbonyl (C=O) groups is 2. The number of rotatable bonds is 7. The standard InChI is InChI=1S/C24H32N4O3/c1-27(2)22(19-8-7-11-21(16-19)31-3)17-25-24(30)28-14-12-18(13-15-28)23(29)26-20-9-5-4-6-10-20/h4-11,16,18,22H,12-15,17H2,1-3H3,(H,25,30)(H,26,29). The number of likely N-dealkylation sites (N-methyl/N-ethyl adjacent to an activating group) is 1. The van der Waals surface area contributed by atoms with Gasteiger partial charge in [0.2, 0.25) is 5.91 Å². The quantitative estimate of drug-likeness (QED) is 0.715. The minimum Gasteiger partial charge on any atom is -0.497 e. The third-order valence-electron chi connectivity index (χ3n) is 5.74. The normalized spacial score (nSPS) is 15.4. The number of nitrogens with one attached hydrogen (secondary N) is 2. The summed E-state index contributed by atoms with van der Waals surface area (Å²) in [5.41, 5.74) is 1.89. The van der Waals surface area contributed by atoms with E-state index in [0.29, 0.717) is 32.5 Å². The zero-order valence-electron chi connectivity index (χ0n) is 18.5. The molecule has 3 amide bonds. The molecule has 7 nitrogen and oxygen atoms in total. The van der Waals surface area contributed by atoms with Crippen molar-refractivity contribution in [3.63, 3.8) is 0 Å². The fourth-order valence-electron chi connectivity index (χ4n) is 3.85. The van der Waals surface area contributed by atoms with Crippen LogP contribution < -0.4 is 15.4 Å². The third-order valence-corrected chi connectivity index (χ3v) is 5.74. The number of amides is 3. The van der Waals surface area contributed by atoms with Crippen LogP contribution in [0.5, 0.6) is 5.75 Å². The predicted molar refractivity (Wildman–Crippen MR) is 122 cm³/mol. The summed E-state index contributed by atoms with van der Waals surface area (Å²) in [6.45, 7) is 1.64. The zero-order chi connectivity index (χ0) is 22.2. The minimum atomic E-state index is -0.0864. The first-order valence-corrected chi connectivity index (χ1v) is 10.7. The second-order valence-corrected chi connectivity index (χ2v) is 8.06. The van der Waals surface area contributed by atoms with Crippen molar-refractivity contribution < 1.29 is 14.3 Å². The van der Waals surface area contributed by atoms with Crippen LogP contribution in [0.1, 0.15) is 24.4 Å². The first-order valence-electron chi connectivity index (χ1n) is 10.7. The van der Waals surface area contributed by atoms with Crippen LogP contribution in [-0.2, 0) is 4.79 Å². The van der Waals surface area contributed by atoms with Crippen molar-refractivity contribution in [2.45, 2.75) is 18.9 Å². The first kappa shape index (κ1) is 22.6. The van der Waals surface area contributed by atoms with E-state index in [-0.39, 0.29) is 23.9 Å². The number of benzene rings is 2. The molecule has 2 aromatic carbocycles. The lowest BCUT2D eigenvalue weighted by atomic mass is 9.96. The molecular formula is C24H32N4O3. The van der Waals surface area contributed by atoms with Crippen LogP contribution >= 0.6 is 0 Å². The molecule has 2 N–H and O–H groups in total. The summed E-state index contributed by atoms with van der Waals surface area (Å²) in [7, 11) is 5.63. The van der Waals surface area contributed by atoms with Crippen molar-refractivity contribution in [3.8, 4) is 5.75 Å². The van der Waals surface area contributed by atoms with E-state index in [9.17, 15) is 9.59 Å². The molecule has 1 aliphatic heterocycles. The molecule has 0 spiro atoms. The lowest BCUT2D eigenvalue weighted by Gasteiger charge is -2.32. The van der Waals surface area contributed by atoms with Gasteiger partial charge in [0.25, 0.3) is 0 Å². The van der Waals surface area contributed by atoms with Crippen molar-refractivity contribution in [2.75, 3.05) is 46.2 Å². The second kappa shape index (κ2) is 10.8. The van der Waals surface area contributed by atoms with Gasteiger partial charge in [0.1, 0.15) is 5.75 Å². The van der Waals surface area contributed by atoms with Gasteiger partial charge in [0.05, 0.1) is 13.2 Å². The highest BCUT2D eigenvalue weighted by atomic mass is 16.5. The maximum atomic E-state index is 12.7. The molecule has 0 saturated carbocycles. The fourth-order valence-corrected chi connectivity index (χ4v) is 3.85. The van der Waals surface area contributed by atoms with Crippen LogP contribution in [0.15, 0.2) is 54.6 Å². The average molecular weight is 425 g/mol. The molecule has 3 rings (SSSR count). The minimum absolute atomic E-state index is 0.0250. The molecular weight excluding hydrogens is 392 g/mol. The number of methoxy groups -OCH3 is 1. The molecule has 1 aliphatic rings. The average Bonchev–Trinajstić information content (AvgIpc) is 2.79. The molecule has 0 aromatic heterocycles. The number of hydrogen-bond donors (Lipinski definition) is 2. The Morgan fingerprint density at radius 2 is 1.81 bits per heavy atom. The molecule has 31 heavy (non-hydrogen) atoms. The molecule has 1 heterocycles. The smallest absolute Gasteiger partial charge is 0.317 e. The molecule has 7 heteroatoms. The van der Waals surface area contributed by atoms with E-state index in [1.165, 1.54) is 0 Å². The summed E-state index contributed by atoms with van der Waals surface area (Å²) in [5, 5.41) is 6.02. The van der Waals surface area contributed by atoms with Gasteiger partial charge in [-0.15, -0.1) is 0 Å². The molecule has 1 unspecified atom stereocenters. The Labute approximate surface area is 184 Å². The summed E-state index contributed by atoms with van der Waals surface area (Å²) >= 11 is 0. The van der Waals surface area contributed by atoms with E-state index < -0.39 is 0 Å². The van der Waals surface area contributed by atoms with Gasteiger partial charge in [-0.1, -0.05) is 30.3 Å². The number of hydrogen-bond acceptors (Lipinski definition) is 4. The van der Waals surface area contributed by atoms with Crippen LogP contribution in [0.25, 0.3) is 0 Å². The maximum absolute atomic E-state index is 12.7. The fraction of sp³-hybridized carbons (Fsp3) is 0.417. The largest absolute Gasteiger partial charge is 0.497 e. The Hall–Kier alpha value is -3.06. The highest BCUT2D eigenvalue weighted by Gasteiger charge is 2.28. The van der Waals surface area contributed by atoms with Gasteiger partial charge in [0, 0.05) is 31.2 Å². The van der Waals surface area contributed by atoms with Gasteiger partial charge in [-0.2, -0.15) is 0 Å². The van der Waals surface area contributed by atoms with Crippen LogP contribution in [0.4, 0.5) is 10.5 Å². The monoisotopic (exact) mass is 424 g/mol. The number of carbonyl (C=O) groups excluding carboxylic acids is 2. The molecule has 0 radical (unpaired) electrons. The van der Waals surface area contributed by atoms with E-state index >= 15 is 0 Å². The molecule has 1 saturated heterocycles. The van der Waals surface area contributed by atoms with Gasteiger partial charge in [-0.25, -0.2) is 4.79 Å². The molecule has 2 aromatic rings. The van der Waals surface area contributed by atoms with Crippen LogP contribution in [0.2, 0.25) is 0 Å². The Morgan fingerprint density at radius 1 is 1.10 bits per heavy atom. The number of piperidine rings is 1. The molecule has 166 valence electrons. The number of anilines is 1. The Morgan fingerprint density at radius 3 is 2.45 bits per heavy atom. The number of likely N-dealkylation sites (tertiary alicyclic amines) is 1. The van der Waals surface area contributed by atoms with Gasteiger partial charge >= 0.3 is 6.03 Å². The third kappa shape index (κ3) is 6.21. The topological polar surface area (TPSA) is 73.9 Å². The zero-order valence-corrected chi connectivity index (χ0v) is 18.5.